The van der Waals surface area contributed by atoms with Crippen LogP contribution in [0.3, 0.4) is 0 Å². The van der Waals surface area contributed by atoms with E-state index in [1.807, 2.05) is 41.0 Å². The van der Waals surface area contributed by atoms with E-state index < -0.39 is 0 Å². The number of fused-ring (bicyclic) bond motifs is 4. The summed E-state index contributed by atoms with van der Waals surface area (Å²) in [4.78, 5) is 26.6. The Kier molecular flexibility index (Phi) is 6.13. The summed E-state index contributed by atoms with van der Waals surface area (Å²) in [6, 6.07) is 22.7. The second-order valence-corrected chi connectivity index (χ2v) is 12.2. The average molecular weight is 549 g/mol. The smallest absolute Gasteiger partial charge is 0.267 e. The zero-order chi connectivity index (χ0) is 26.5. The van der Waals surface area contributed by atoms with Crippen molar-refractivity contribution in [3.63, 3.8) is 0 Å². The van der Waals surface area contributed by atoms with Crippen LogP contribution in [0.25, 0.3) is 32.8 Å². The topological polar surface area (TPSA) is 52.2 Å². The standard InChI is InChI=1S/C32H28N4OS2/c1-20-15-16-24(21(2)18-20)36-31(37)28-23-12-6-7-13-26(23)39-30(28)34-32(36)38-19-25-29(22-10-4-3-5-11-22)33-27-14-8-9-17-35(25)27/h3-5,8-11,14-18H,6-7,12-13,19H2,1-2H3. The predicted octanol–water partition coefficient (Wildman–Crippen LogP) is 7.55. The predicted molar refractivity (Wildman–Crippen MR) is 162 cm³/mol. The molecule has 0 spiro atoms. The highest BCUT2D eigenvalue weighted by atomic mass is 32.2. The Morgan fingerprint density at radius 3 is 2.62 bits per heavy atom. The molecule has 0 unspecified atom stereocenters. The summed E-state index contributed by atoms with van der Waals surface area (Å²) < 4.78 is 4.01. The second-order valence-electron chi connectivity index (χ2n) is 10.2. The highest BCUT2D eigenvalue weighted by Crippen LogP contribution is 2.37. The van der Waals surface area contributed by atoms with E-state index >= 15 is 0 Å². The van der Waals surface area contributed by atoms with E-state index in [9.17, 15) is 4.79 Å². The van der Waals surface area contributed by atoms with E-state index in [0.717, 1.165) is 68.5 Å². The summed E-state index contributed by atoms with van der Waals surface area (Å²) in [6.07, 6.45) is 6.39. The molecule has 39 heavy (non-hydrogen) atoms. The maximum Gasteiger partial charge on any atom is 0.267 e. The van der Waals surface area contributed by atoms with Crippen LogP contribution in [0, 0.1) is 13.8 Å². The number of thiophene rings is 1. The minimum Gasteiger partial charge on any atom is -0.303 e. The number of benzene rings is 2. The quantitative estimate of drug-likeness (QED) is 0.165. The third-order valence-electron chi connectivity index (χ3n) is 7.57. The fraction of sp³-hybridized carbons (Fsp3) is 0.219. The van der Waals surface area contributed by atoms with Gasteiger partial charge in [-0.3, -0.25) is 9.36 Å². The highest BCUT2D eigenvalue weighted by molar-refractivity contribution is 7.98. The molecule has 7 heteroatoms. The van der Waals surface area contributed by atoms with Gasteiger partial charge in [-0.2, -0.15) is 0 Å². The summed E-state index contributed by atoms with van der Waals surface area (Å²) >= 11 is 3.32. The lowest BCUT2D eigenvalue weighted by Crippen LogP contribution is -2.23. The van der Waals surface area contributed by atoms with Crippen LogP contribution in [0.5, 0.6) is 0 Å². The molecule has 0 saturated heterocycles. The van der Waals surface area contributed by atoms with Crippen LogP contribution in [-0.4, -0.2) is 18.9 Å². The molecule has 5 nitrogen and oxygen atoms in total. The molecule has 0 bridgehead atoms. The summed E-state index contributed by atoms with van der Waals surface area (Å²) in [5, 5.41) is 1.54. The van der Waals surface area contributed by atoms with Crippen molar-refractivity contribution in [3.05, 3.63) is 111 Å². The van der Waals surface area contributed by atoms with E-state index in [2.05, 4.69) is 54.8 Å². The molecule has 1 aliphatic rings. The summed E-state index contributed by atoms with van der Waals surface area (Å²) in [6.45, 7) is 4.16. The SMILES string of the molecule is Cc1ccc(-n2c(SCc3c(-c4ccccc4)nc4ccccn34)nc3sc4c(c3c2=O)CCCC4)c(C)c1. The molecule has 0 saturated carbocycles. The normalized spacial score (nSPS) is 13.3. The van der Waals surface area contributed by atoms with Gasteiger partial charge in [-0.1, -0.05) is 65.9 Å². The molecular formula is C32H28N4OS2. The summed E-state index contributed by atoms with van der Waals surface area (Å²) in [5.41, 5.74) is 8.47. The number of thioether (sulfide) groups is 1. The second kappa shape index (κ2) is 9.81. The first-order chi connectivity index (χ1) is 19.1. The molecule has 0 N–H and O–H groups in total. The lowest BCUT2D eigenvalue weighted by atomic mass is 9.97. The van der Waals surface area contributed by atoms with Crippen molar-refractivity contribution >= 4 is 39.0 Å². The minimum absolute atomic E-state index is 0.0512. The van der Waals surface area contributed by atoms with Gasteiger partial charge in [-0.05, 0) is 68.9 Å². The average Bonchev–Trinajstić information content (AvgIpc) is 3.51. The number of imidazole rings is 1. The van der Waals surface area contributed by atoms with Gasteiger partial charge in [0.25, 0.3) is 5.56 Å². The number of pyridine rings is 1. The van der Waals surface area contributed by atoms with Gasteiger partial charge in [0.15, 0.2) is 5.16 Å². The van der Waals surface area contributed by atoms with Gasteiger partial charge in [-0.25, -0.2) is 9.97 Å². The van der Waals surface area contributed by atoms with Gasteiger partial charge in [0.2, 0.25) is 0 Å². The molecule has 6 aromatic rings. The van der Waals surface area contributed by atoms with E-state index in [1.165, 1.54) is 22.4 Å². The van der Waals surface area contributed by atoms with Crippen LogP contribution in [-0.2, 0) is 18.6 Å². The van der Waals surface area contributed by atoms with Crippen molar-refractivity contribution in [1.82, 2.24) is 18.9 Å². The van der Waals surface area contributed by atoms with Gasteiger partial charge in [0.05, 0.1) is 22.5 Å². The first-order valence-corrected chi connectivity index (χ1v) is 15.2. The molecule has 0 fully saturated rings. The third-order valence-corrected chi connectivity index (χ3v) is 9.70. The maximum atomic E-state index is 14.3. The van der Waals surface area contributed by atoms with Crippen LogP contribution in [0.4, 0.5) is 0 Å². The molecule has 2 aromatic carbocycles. The zero-order valence-electron chi connectivity index (χ0n) is 22.0. The van der Waals surface area contributed by atoms with Crippen LogP contribution in [0.15, 0.2) is 82.9 Å². The number of aryl methyl sites for hydroxylation is 4. The van der Waals surface area contributed by atoms with Crippen molar-refractivity contribution in [2.45, 2.75) is 50.4 Å². The largest absolute Gasteiger partial charge is 0.303 e. The van der Waals surface area contributed by atoms with Gasteiger partial charge in [0.1, 0.15) is 10.5 Å². The summed E-state index contributed by atoms with van der Waals surface area (Å²) in [5.74, 6) is 0.628. The number of nitrogens with zero attached hydrogens (tertiary/aromatic N) is 4. The molecular weight excluding hydrogens is 521 g/mol. The lowest BCUT2D eigenvalue weighted by molar-refractivity contribution is 0.699. The van der Waals surface area contributed by atoms with Crippen LogP contribution in [0.1, 0.15) is 40.1 Å². The lowest BCUT2D eigenvalue weighted by Gasteiger charge is -2.16. The first-order valence-electron chi connectivity index (χ1n) is 13.4. The third kappa shape index (κ3) is 4.21. The highest BCUT2D eigenvalue weighted by Gasteiger charge is 2.24. The van der Waals surface area contributed by atoms with Crippen molar-refractivity contribution in [2.75, 3.05) is 0 Å². The van der Waals surface area contributed by atoms with E-state index in [-0.39, 0.29) is 5.56 Å². The molecule has 194 valence electrons. The Morgan fingerprint density at radius 1 is 0.949 bits per heavy atom. The Balaban J connectivity index is 1.40. The molecule has 0 radical (unpaired) electrons. The number of aromatic nitrogens is 4. The van der Waals surface area contributed by atoms with Crippen molar-refractivity contribution in [3.8, 4) is 16.9 Å². The van der Waals surface area contributed by atoms with E-state index in [0.29, 0.717) is 5.75 Å². The molecule has 0 aliphatic heterocycles. The van der Waals surface area contributed by atoms with Gasteiger partial charge < -0.3 is 4.40 Å². The zero-order valence-corrected chi connectivity index (χ0v) is 23.6. The Hall–Kier alpha value is -3.68. The van der Waals surface area contributed by atoms with Crippen LogP contribution < -0.4 is 5.56 Å². The molecule has 4 aromatic heterocycles. The Bertz CT molecular complexity index is 1920. The van der Waals surface area contributed by atoms with Gasteiger partial charge >= 0.3 is 0 Å². The van der Waals surface area contributed by atoms with Crippen molar-refractivity contribution in [2.24, 2.45) is 0 Å². The molecule has 0 atom stereocenters. The number of rotatable bonds is 5. The number of hydrogen-bond acceptors (Lipinski definition) is 5. The van der Waals surface area contributed by atoms with Crippen LogP contribution in [0.2, 0.25) is 0 Å². The summed E-state index contributed by atoms with van der Waals surface area (Å²) in [7, 11) is 0. The first kappa shape index (κ1) is 24.4. The van der Waals surface area contributed by atoms with Crippen molar-refractivity contribution < 1.29 is 0 Å². The molecule has 7 rings (SSSR count). The monoisotopic (exact) mass is 548 g/mol. The Labute approximate surface area is 235 Å². The molecule has 1 aliphatic carbocycles. The van der Waals surface area contributed by atoms with Crippen LogP contribution >= 0.6 is 23.1 Å². The molecule has 0 amide bonds. The fourth-order valence-electron chi connectivity index (χ4n) is 5.70. The molecule has 4 heterocycles. The van der Waals surface area contributed by atoms with Crippen molar-refractivity contribution in [1.29, 1.82) is 0 Å². The maximum absolute atomic E-state index is 14.3. The van der Waals surface area contributed by atoms with E-state index in [4.69, 9.17) is 9.97 Å². The van der Waals surface area contributed by atoms with E-state index in [1.54, 1.807) is 23.1 Å². The van der Waals surface area contributed by atoms with Gasteiger partial charge in [-0.15, -0.1) is 11.3 Å². The fourth-order valence-corrected chi connectivity index (χ4v) is 8.01. The Morgan fingerprint density at radius 2 is 1.77 bits per heavy atom. The van der Waals surface area contributed by atoms with Gasteiger partial charge in [0, 0.05) is 22.4 Å². The minimum atomic E-state index is 0.0512. The number of hydrogen-bond donors (Lipinski definition) is 0.